The van der Waals surface area contributed by atoms with Gasteiger partial charge in [-0.3, -0.25) is 9.79 Å². The topological polar surface area (TPSA) is 75.2 Å². The number of nitrogens with zero attached hydrogens (tertiary/aromatic N) is 2. The Morgan fingerprint density at radius 1 is 1.16 bits per heavy atom. The lowest BCUT2D eigenvalue weighted by Crippen LogP contribution is -2.42. The van der Waals surface area contributed by atoms with E-state index in [0.717, 1.165) is 47.7 Å². The van der Waals surface area contributed by atoms with E-state index in [9.17, 15) is 4.79 Å². The summed E-state index contributed by atoms with van der Waals surface area (Å²) in [4.78, 5) is 18.4. The number of aliphatic imine (C=N–C) groups is 1. The second-order valence-electron chi connectivity index (χ2n) is 7.87. The zero-order valence-electron chi connectivity index (χ0n) is 18.4. The molecule has 0 spiro atoms. The highest BCUT2D eigenvalue weighted by atomic mass is 127. The first kappa shape index (κ1) is 24.2. The lowest BCUT2D eigenvalue weighted by atomic mass is 10.2. The van der Waals surface area contributed by atoms with Gasteiger partial charge in [0, 0.05) is 32.2 Å². The van der Waals surface area contributed by atoms with E-state index in [2.05, 4.69) is 21.7 Å². The van der Waals surface area contributed by atoms with Crippen molar-refractivity contribution in [3.63, 3.8) is 0 Å². The van der Waals surface area contributed by atoms with Crippen molar-refractivity contribution >= 4 is 41.5 Å². The maximum absolute atomic E-state index is 12.3. The van der Waals surface area contributed by atoms with Gasteiger partial charge in [-0.25, -0.2) is 0 Å². The molecule has 32 heavy (non-hydrogen) atoms. The number of fused-ring (bicyclic) bond motifs is 1. The number of benzene rings is 2. The molecule has 2 aromatic carbocycles. The van der Waals surface area contributed by atoms with E-state index in [1.54, 1.807) is 11.9 Å². The lowest BCUT2D eigenvalue weighted by molar-refractivity contribution is -0.121. The normalized spacial score (nSPS) is 15.3. The molecule has 2 aliphatic rings. The first-order valence-electron chi connectivity index (χ1n) is 10.9. The second kappa shape index (κ2) is 11.9. The second-order valence-corrected chi connectivity index (χ2v) is 7.87. The van der Waals surface area contributed by atoms with Crippen LogP contribution in [0.15, 0.2) is 53.5 Å². The molecule has 0 radical (unpaired) electrons. The Labute approximate surface area is 206 Å². The van der Waals surface area contributed by atoms with Crippen molar-refractivity contribution in [2.45, 2.75) is 25.8 Å². The number of halogens is 1. The van der Waals surface area contributed by atoms with Crippen molar-refractivity contribution in [2.24, 2.45) is 10.9 Å². The summed E-state index contributed by atoms with van der Waals surface area (Å²) in [7, 11) is 1.76. The molecule has 172 valence electrons. The smallest absolute Gasteiger partial charge is 0.265 e. The predicted octanol–water partition coefficient (Wildman–Crippen LogP) is 3.57. The predicted molar refractivity (Wildman–Crippen MR) is 137 cm³/mol. The number of carbonyl (C=O) groups excluding carboxylic acids is 1. The fourth-order valence-corrected chi connectivity index (χ4v) is 3.53. The van der Waals surface area contributed by atoms with Gasteiger partial charge in [0.2, 0.25) is 0 Å². The number of hydrogen-bond donors (Lipinski definition) is 2. The maximum Gasteiger partial charge on any atom is 0.265 e. The molecule has 1 saturated carbocycles. The van der Waals surface area contributed by atoms with Crippen LogP contribution < -0.4 is 25.0 Å². The van der Waals surface area contributed by atoms with Crippen LogP contribution in [-0.2, 0) is 11.3 Å². The monoisotopic (exact) mass is 550 g/mol. The summed E-state index contributed by atoms with van der Waals surface area (Å²) in [5, 5.41) is 6.68. The molecule has 1 fully saturated rings. The minimum absolute atomic E-state index is 0. The highest BCUT2D eigenvalue weighted by Gasteiger charge is 2.24. The minimum Gasteiger partial charge on any atom is -0.493 e. The van der Waals surface area contributed by atoms with Crippen molar-refractivity contribution in [1.82, 2.24) is 10.6 Å². The van der Waals surface area contributed by atoms with Gasteiger partial charge in [-0.15, -0.1) is 24.0 Å². The average molecular weight is 550 g/mol. The fraction of sp³-hybridized carbons (Fsp3) is 0.417. The summed E-state index contributed by atoms with van der Waals surface area (Å²) >= 11 is 0. The summed E-state index contributed by atoms with van der Waals surface area (Å²) in [6, 6.07) is 15.8. The number of guanidine groups is 1. The van der Waals surface area contributed by atoms with E-state index in [0.29, 0.717) is 19.6 Å². The summed E-state index contributed by atoms with van der Waals surface area (Å²) in [6.07, 6.45) is 3.35. The SMILES string of the molecule is CN=C(NCCCN1C(=O)COc2ccccc21)NCc1ccccc1OCC1CC1.I. The molecule has 0 unspecified atom stereocenters. The van der Waals surface area contributed by atoms with Gasteiger partial charge in [0.05, 0.1) is 12.3 Å². The highest BCUT2D eigenvalue weighted by molar-refractivity contribution is 14.0. The van der Waals surface area contributed by atoms with Gasteiger partial charge in [-0.2, -0.15) is 0 Å². The van der Waals surface area contributed by atoms with E-state index in [1.165, 1.54) is 12.8 Å². The number of amides is 1. The molecule has 1 aliphatic carbocycles. The Morgan fingerprint density at radius 3 is 2.75 bits per heavy atom. The van der Waals surface area contributed by atoms with Gasteiger partial charge in [0.1, 0.15) is 11.5 Å². The van der Waals surface area contributed by atoms with Crippen molar-refractivity contribution in [3.05, 3.63) is 54.1 Å². The van der Waals surface area contributed by atoms with Crippen LogP contribution in [0, 0.1) is 5.92 Å². The maximum atomic E-state index is 12.3. The standard InChI is InChI=1S/C24H30N4O3.HI/c1-25-24(27-15-19-7-2-4-9-21(19)30-16-18-11-12-18)26-13-6-14-28-20-8-3-5-10-22(20)31-17-23(28)29;/h2-5,7-10,18H,6,11-17H2,1H3,(H2,25,26,27);1H. The van der Waals surface area contributed by atoms with Crippen LogP contribution >= 0.6 is 24.0 Å². The third-order valence-corrected chi connectivity index (χ3v) is 5.47. The number of para-hydroxylation sites is 3. The van der Waals surface area contributed by atoms with Gasteiger partial charge in [0.15, 0.2) is 12.6 Å². The third-order valence-electron chi connectivity index (χ3n) is 5.47. The van der Waals surface area contributed by atoms with Gasteiger partial charge < -0.3 is 25.0 Å². The number of ether oxygens (including phenoxy) is 2. The largest absolute Gasteiger partial charge is 0.493 e. The molecule has 2 aromatic rings. The first-order chi connectivity index (χ1) is 15.2. The number of hydrogen-bond acceptors (Lipinski definition) is 4. The van der Waals surface area contributed by atoms with E-state index in [4.69, 9.17) is 9.47 Å². The number of nitrogens with one attached hydrogen (secondary N) is 2. The highest BCUT2D eigenvalue weighted by Crippen LogP contribution is 2.31. The van der Waals surface area contributed by atoms with E-state index >= 15 is 0 Å². The Balaban J connectivity index is 0.00000289. The summed E-state index contributed by atoms with van der Waals surface area (Å²) < 4.78 is 11.5. The molecule has 1 heterocycles. The molecule has 8 heteroatoms. The molecule has 0 saturated heterocycles. The minimum atomic E-state index is -0.0102. The summed E-state index contributed by atoms with van der Waals surface area (Å²) in [5.41, 5.74) is 1.95. The lowest BCUT2D eigenvalue weighted by Gasteiger charge is -2.29. The molecular weight excluding hydrogens is 519 g/mol. The number of rotatable bonds is 9. The Hall–Kier alpha value is -2.49. The molecule has 4 rings (SSSR count). The van der Waals surface area contributed by atoms with Crippen molar-refractivity contribution < 1.29 is 14.3 Å². The van der Waals surface area contributed by atoms with E-state index in [-0.39, 0.29) is 36.5 Å². The molecule has 1 amide bonds. The van der Waals surface area contributed by atoms with Gasteiger partial charge in [0.25, 0.3) is 5.91 Å². The average Bonchev–Trinajstić information content (AvgIpc) is 3.63. The third kappa shape index (κ3) is 6.51. The van der Waals surface area contributed by atoms with Crippen LogP contribution in [0.2, 0.25) is 0 Å². The molecule has 0 bridgehead atoms. The van der Waals surface area contributed by atoms with Gasteiger partial charge in [-0.1, -0.05) is 30.3 Å². The van der Waals surface area contributed by atoms with Crippen LogP contribution in [0.3, 0.4) is 0 Å². The molecular formula is C24H31IN4O3. The zero-order valence-corrected chi connectivity index (χ0v) is 20.7. The van der Waals surface area contributed by atoms with Crippen molar-refractivity contribution in [1.29, 1.82) is 0 Å². The van der Waals surface area contributed by atoms with Gasteiger partial charge in [-0.05, 0) is 43.4 Å². The number of anilines is 1. The Morgan fingerprint density at radius 2 is 1.94 bits per heavy atom. The van der Waals surface area contributed by atoms with Crippen LogP contribution in [0.4, 0.5) is 5.69 Å². The van der Waals surface area contributed by atoms with Crippen molar-refractivity contribution in [3.8, 4) is 11.5 Å². The Bertz CT molecular complexity index is 933. The van der Waals surface area contributed by atoms with Crippen LogP contribution in [-0.4, -0.2) is 45.2 Å². The number of carbonyl (C=O) groups is 1. The first-order valence-corrected chi connectivity index (χ1v) is 10.9. The van der Waals surface area contributed by atoms with Gasteiger partial charge >= 0.3 is 0 Å². The van der Waals surface area contributed by atoms with Crippen LogP contribution in [0.5, 0.6) is 11.5 Å². The Kier molecular flexibility index (Phi) is 9.01. The quantitative estimate of drug-likeness (QED) is 0.216. The van der Waals surface area contributed by atoms with Crippen LogP contribution in [0.25, 0.3) is 0 Å². The molecule has 0 aromatic heterocycles. The van der Waals surface area contributed by atoms with Crippen LogP contribution in [0.1, 0.15) is 24.8 Å². The summed E-state index contributed by atoms with van der Waals surface area (Å²) in [5.74, 6) is 3.13. The molecule has 2 N–H and O–H groups in total. The molecule has 7 nitrogen and oxygen atoms in total. The summed E-state index contributed by atoms with van der Waals surface area (Å²) in [6.45, 7) is 2.85. The fourth-order valence-electron chi connectivity index (χ4n) is 3.53. The van der Waals surface area contributed by atoms with Crippen molar-refractivity contribution in [2.75, 3.05) is 38.3 Å². The van der Waals surface area contributed by atoms with E-state index < -0.39 is 0 Å². The zero-order chi connectivity index (χ0) is 21.5. The van der Waals surface area contributed by atoms with E-state index in [1.807, 2.05) is 42.5 Å². The molecule has 0 atom stereocenters. The molecule has 1 aliphatic heterocycles.